The molecule has 5 heteroatoms. The molecule has 1 unspecified atom stereocenters. The number of carbonyl (C=O) groups excluding carboxylic acids is 1. The first kappa shape index (κ1) is 12.2. The second-order valence-electron chi connectivity index (χ2n) is 4.45. The highest BCUT2D eigenvalue weighted by Crippen LogP contribution is 2.25. The van der Waals surface area contributed by atoms with E-state index in [0.29, 0.717) is 16.6 Å². The van der Waals surface area contributed by atoms with E-state index in [-0.39, 0.29) is 0 Å². The van der Waals surface area contributed by atoms with Gasteiger partial charge in [-0.05, 0) is 38.2 Å². The van der Waals surface area contributed by atoms with E-state index < -0.39 is 5.91 Å². The average Bonchev–Trinajstić information content (AvgIpc) is 2.67. The Labute approximate surface area is 106 Å². The van der Waals surface area contributed by atoms with E-state index in [0.717, 1.165) is 25.2 Å². The maximum atomic E-state index is 11.1. The molecular formula is C12H16ClN3O. The maximum absolute atomic E-state index is 11.1. The first-order valence-electron chi connectivity index (χ1n) is 5.60. The number of halogens is 1. The topological polar surface area (TPSA) is 58.4 Å². The number of benzene rings is 1. The van der Waals surface area contributed by atoms with Gasteiger partial charge in [-0.3, -0.25) is 4.79 Å². The van der Waals surface area contributed by atoms with Gasteiger partial charge in [0.15, 0.2) is 0 Å². The van der Waals surface area contributed by atoms with E-state index >= 15 is 0 Å². The molecule has 1 aromatic rings. The fourth-order valence-corrected chi connectivity index (χ4v) is 2.23. The summed E-state index contributed by atoms with van der Waals surface area (Å²) in [5, 5.41) is 3.97. The summed E-state index contributed by atoms with van der Waals surface area (Å²) in [7, 11) is 2.09. The van der Waals surface area contributed by atoms with Crippen LogP contribution in [0.15, 0.2) is 18.2 Å². The third-order valence-electron chi connectivity index (χ3n) is 3.00. The largest absolute Gasteiger partial charge is 0.380 e. The molecule has 0 aliphatic carbocycles. The minimum absolute atomic E-state index is 0.376. The smallest absolute Gasteiger partial charge is 0.248 e. The van der Waals surface area contributed by atoms with Crippen LogP contribution in [0.4, 0.5) is 5.69 Å². The fourth-order valence-electron chi connectivity index (χ4n) is 2.06. The molecule has 0 spiro atoms. The van der Waals surface area contributed by atoms with Crippen molar-refractivity contribution in [3.63, 3.8) is 0 Å². The number of nitrogens with zero attached hydrogens (tertiary/aromatic N) is 1. The van der Waals surface area contributed by atoms with E-state index in [1.54, 1.807) is 18.2 Å². The van der Waals surface area contributed by atoms with Gasteiger partial charge in [0, 0.05) is 18.2 Å². The molecule has 1 saturated heterocycles. The summed E-state index contributed by atoms with van der Waals surface area (Å²) >= 11 is 6.09. The van der Waals surface area contributed by atoms with Crippen LogP contribution in [0.1, 0.15) is 16.8 Å². The highest BCUT2D eigenvalue weighted by atomic mass is 35.5. The Kier molecular flexibility index (Phi) is 3.54. The van der Waals surface area contributed by atoms with Crippen molar-refractivity contribution in [2.75, 3.05) is 25.5 Å². The van der Waals surface area contributed by atoms with Crippen LogP contribution in [0.3, 0.4) is 0 Å². The predicted molar refractivity (Wildman–Crippen MR) is 69.5 cm³/mol. The van der Waals surface area contributed by atoms with Crippen molar-refractivity contribution in [1.29, 1.82) is 0 Å². The second-order valence-corrected chi connectivity index (χ2v) is 4.86. The first-order valence-corrected chi connectivity index (χ1v) is 5.98. The van der Waals surface area contributed by atoms with E-state index in [1.807, 2.05) is 0 Å². The van der Waals surface area contributed by atoms with Crippen molar-refractivity contribution in [3.05, 3.63) is 28.8 Å². The average molecular weight is 254 g/mol. The quantitative estimate of drug-likeness (QED) is 0.860. The molecule has 92 valence electrons. The summed E-state index contributed by atoms with van der Waals surface area (Å²) in [4.78, 5) is 13.4. The molecule has 2 rings (SSSR count). The van der Waals surface area contributed by atoms with Crippen molar-refractivity contribution in [2.24, 2.45) is 5.73 Å². The number of amides is 1. The summed E-state index contributed by atoms with van der Waals surface area (Å²) in [6.07, 6.45) is 1.08. The van der Waals surface area contributed by atoms with Crippen molar-refractivity contribution >= 4 is 23.2 Å². The molecule has 1 aliphatic rings. The van der Waals surface area contributed by atoms with Crippen molar-refractivity contribution in [3.8, 4) is 0 Å². The summed E-state index contributed by atoms with van der Waals surface area (Å²) in [6, 6.07) is 5.42. The number of carbonyl (C=O) groups is 1. The zero-order valence-corrected chi connectivity index (χ0v) is 10.5. The molecule has 1 fully saturated rings. The SMILES string of the molecule is CN1CCC(Nc2cc(C(N)=O)ccc2Cl)C1. The van der Waals surface area contributed by atoms with Crippen LogP contribution in [0.25, 0.3) is 0 Å². The number of nitrogens with two attached hydrogens (primary N) is 1. The Balaban J connectivity index is 2.14. The molecule has 0 saturated carbocycles. The molecule has 1 aliphatic heterocycles. The number of hydrogen-bond donors (Lipinski definition) is 2. The van der Waals surface area contributed by atoms with Crippen LogP contribution < -0.4 is 11.1 Å². The molecular weight excluding hydrogens is 238 g/mol. The third kappa shape index (κ3) is 2.90. The molecule has 17 heavy (non-hydrogen) atoms. The van der Waals surface area contributed by atoms with Crippen molar-refractivity contribution in [1.82, 2.24) is 4.90 Å². The predicted octanol–water partition coefficient (Wildman–Crippen LogP) is 1.55. The van der Waals surface area contributed by atoms with Gasteiger partial charge in [0.05, 0.1) is 10.7 Å². The Bertz CT molecular complexity index is 436. The van der Waals surface area contributed by atoms with Gasteiger partial charge in [0.1, 0.15) is 0 Å². The van der Waals surface area contributed by atoms with E-state index in [1.165, 1.54) is 0 Å². The number of rotatable bonds is 3. The normalized spacial score (nSPS) is 20.5. The van der Waals surface area contributed by atoms with Gasteiger partial charge in [-0.2, -0.15) is 0 Å². The molecule has 1 atom stereocenters. The molecule has 3 N–H and O–H groups in total. The number of likely N-dealkylation sites (tertiary alicyclic amines) is 1. The summed E-state index contributed by atoms with van der Waals surface area (Å²) in [6.45, 7) is 2.06. The monoisotopic (exact) mass is 253 g/mol. The Morgan fingerprint density at radius 1 is 1.59 bits per heavy atom. The Morgan fingerprint density at radius 2 is 2.35 bits per heavy atom. The van der Waals surface area contributed by atoms with Crippen molar-refractivity contribution < 1.29 is 4.79 Å². The molecule has 1 aromatic carbocycles. The number of likely N-dealkylation sites (N-methyl/N-ethyl adjacent to an activating group) is 1. The van der Waals surface area contributed by atoms with Gasteiger partial charge in [0.25, 0.3) is 0 Å². The molecule has 1 amide bonds. The molecule has 0 bridgehead atoms. The number of hydrogen-bond acceptors (Lipinski definition) is 3. The highest BCUT2D eigenvalue weighted by molar-refractivity contribution is 6.33. The standard InChI is InChI=1S/C12H16ClN3O/c1-16-5-4-9(7-16)15-11-6-8(12(14)17)2-3-10(11)13/h2-3,6,9,15H,4-5,7H2,1H3,(H2,14,17). The lowest BCUT2D eigenvalue weighted by Gasteiger charge is -2.16. The lowest BCUT2D eigenvalue weighted by atomic mass is 10.1. The Hall–Kier alpha value is -1.26. The van der Waals surface area contributed by atoms with Crippen LogP contribution in [0.2, 0.25) is 5.02 Å². The number of primary amides is 1. The maximum Gasteiger partial charge on any atom is 0.248 e. The third-order valence-corrected chi connectivity index (χ3v) is 3.33. The summed E-state index contributed by atoms with van der Waals surface area (Å²) in [5.41, 5.74) is 6.50. The molecule has 0 radical (unpaired) electrons. The minimum Gasteiger partial charge on any atom is -0.380 e. The van der Waals surface area contributed by atoms with Crippen LogP contribution in [0, 0.1) is 0 Å². The Morgan fingerprint density at radius 3 is 2.94 bits per heavy atom. The van der Waals surface area contributed by atoms with E-state index in [2.05, 4.69) is 17.3 Å². The van der Waals surface area contributed by atoms with Gasteiger partial charge >= 0.3 is 0 Å². The van der Waals surface area contributed by atoms with Crippen LogP contribution in [-0.4, -0.2) is 37.0 Å². The van der Waals surface area contributed by atoms with Gasteiger partial charge in [0.2, 0.25) is 5.91 Å². The second kappa shape index (κ2) is 4.94. The van der Waals surface area contributed by atoms with E-state index in [9.17, 15) is 4.79 Å². The van der Waals surface area contributed by atoms with Gasteiger partial charge in [-0.1, -0.05) is 11.6 Å². The summed E-state index contributed by atoms with van der Waals surface area (Å²) in [5.74, 6) is -0.437. The minimum atomic E-state index is -0.437. The number of anilines is 1. The lowest BCUT2D eigenvalue weighted by Crippen LogP contribution is -2.24. The lowest BCUT2D eigenvalue weighted by molar-refractivity contribution is 0.100. The summed E-state index contributed by atoms with van der Waals surface area (Å²) < 4.78 is 0. The van der Waals surface area contributed by atoms with Gasteiger partial charge in [-0.25, -0.2) is 0 Å². The fraction of sp³-hybridized carbons (Fsp3) is 0.417. The molecule has 0 aromatic heterocycles. The van der Waals surface area contributed by atoms with Crippen LogP contribution in [0.5, 0.6) is 0 Å². The molecule has 4 nitrogen and oxygen atoms in total. The van der Waals surface area contributed by atoms with E-state index in [4.69, 9.17) is 17.3 Å². The molecule has 1 heterocycles. The zero-order chi connectivity index (χ0) is 12.4. The van der Waals surface area contributed by atoms with Gasteiger partial charge in [-0.15, -0.1) is 0 Å². The first-order chi connectivity index (χ1) is 8.06. The van der Waals surface area contributed by atoms with Gasteiger partial charge < -0.3 is 16.0 Å². The van der Waals surface area contributed by atoms with Crippen LogP contribution >= 0.6 is 11.6 Å². The zero-order valence-electron chi connectivity index (χ0n) is 9.74. The van der Waals surface area contributed by atoms with Crippen molar-refractivity contribution in [2.45, 2.75) is 12.5 Å². The van der Waals surface area contributed by atoms with Crippen LogP contribution in [-0.2, 0) is 0 Å². The highest BCUT2D eigenvalue weighted by Gasteiger charge is 2.20. The number of nitrogens with one attached hydrogen (secondary N) is 1.